The molecule has 1 atom stereocenters. The van der Waals surface area contributed by atoms with Gasteiger partial charge in [-0.3, -0.25) is 9.59 Å². The molecule has 2 aromatic heterocycles. The Bertz CT molecular complexity index is 1060. The number of amides is 1. The predicted molar refractivity (Wildman–Crippen MR) is 98.6 cm³/mol. The van der Waals surface area contributed by atoms with Gasteiger partial charge in [-0.2, -0.15) is 18.3 Å². The number of hydrogen-bond donors (Lipinski definition) is 1. The molecule has 1 aromatic carbocycles. The Morgan fingerprint density at radius 2 is 1.97 bits per heavy atom. The van der Waals surface area contributed by atoms with Crippen LogP contribution in [0.2, 0.25) is 5.02 Å². The van der Waals surface area contributed by atoms with Crippen LogP contribution in [-0.2, 0) is 17.5 Å². The van der Waals surface area contributed by atoms with Gasteiger partial charge in [0.1, 0.15) is 24.2 Å². The summed E-state index contributed by atoms with van der Waals surface area (Å²) in [6.07, 6.45) is -1.17. The van der Waals surface area contributed by atoms with Crippen LogP contribution in [0.15, 0.2) is 54.0 Å². The van der Waals surface area contributed by atoms with Gasteiger partial charge in [0.05, 0.1) is 17.3 Å². The van der Waals surface area contributed by atoms with Crippen LogP contribution in [0.5, 0.6) is 0 Å². The SMILES string of the molecule is CC(NC(=O)Cn1cc(C(F)(F)F)cc(Cl)c1=O)c1ccc(-n2cncn2)cc1. The lowest BCUT2D eigenvalue weighted by atomic mass is 10.1. The average molecular weight is 426 g/mol. The molecule has 3 aromatic rings. The second kappa shape index (κ2) is 8.08. The first kappa shape index (κ1) is 20.6. The maximum atomic E-state index is 12.9. The van der Waals surface area contributed by atoms with Crippen LogP contribution in [0, 0.1) is 0 Å². The molecule has 29 heavy (non-hydrogen) atoms. The number of hydrogen-bond acceptors (Lipinski definition) is 4. The summed E-state index contributed by atoms with van der Waals surface area (Å²) in [5.41, 5.74) is -0.446. The third-order valence-corrected chi connectivity index (χ3v) is 4.41. The molecule has 0 bridgehead atoms. The molecule has 0 aliphatic heterocycles. The van der Waals surface area contributed by atoms with Gasteiger partial charge >= 0.3 is 6.18 Å². The first-order chi connectivity index (χ1) is 13.6. The first-order valence-corrected chi connectivity index (χ1v) is 8.74. The third-order valence-electron chi connectivity index (χ3n) is 4.14. The van der Waals surface area contributed by atoms with Gasteiger partial charge in [-0.15, -0.1) is 0 Å². The number of carbonyl (C=O) groups is 1. The second-order valence-electron chi connectivity index (χ2n) is 6.23. The topological polar surface area (TPSA) is 81.8 Å². The largest absolute Gasteiger partial charge is 0.417 e. The van der Waals surface area contributed by atoms with Crippen LogP contribution in [-0.4, -0.2) is 25.2 Å². The van der Waals surface area contributed by atoms with Gasteiger partial charge in [-0.05, 0) is 30.7 Å². The molecule has 3 rings (SSSR count). The van der Waals surface area contributed by atoms with E-state index in [0.717, 1.165) is 11.3 Å². The van der Waals surface area contributed by atoms with Gasteiger partial charge in [0.25, 0.3) is 5.56 Å². The highest BCUT2D eigenvalue weighted by atomic mass is 35.5. The highest BCUT2D eigenvalue weighted by Crippen LogP contribution is 2.29. The lowest BCUT2D eigenvalue weighted by Crippen LogP contribution is -2.34. The summed E-state index contributed by atoms with van der Waals surface area (Å²) >= 11 is 5.59. The Kier molecular flexibility index (Phi) is 5.73. The van der Waals surface area contributed by atoms with Crippen molar-refractivity contribution in [3.63, 3.8) is 0 Å². The molecule has 1 amide bonds. The standard InChI is InChI=1S/C18H15ClF3N5O2/c1-11(12-2-4-14(5-3-12)27-10-23-9-24-27)25-16(28)8-26-7-13(18(20,21)22)6-15(19)17(26)29/h2-7,9-11H,8H2,1H3,(H,25,28). The van der Waals surface area contributed by atoms with Crippen molar-refractivity contribution < 1.29 is 18.0 Å². The Labute approximate surface area is 167 Å². The molecule has 1 N–H and O–H groups in total. The number of pyridine rings is 1. The van der Waals surface area contributed by atoms with Gasteiger partial charge in [-0.1, -0.05) is 23.7 Å². The van der Waals surface area contributed by atoms with E-state index < -0.39 is 40.8 Å². The van der Waals surface area contributed by atoms with E-state index in [1.54, 1.807) is 35.9 Å². The van der Waals surface area contributed by atoms with Crippen LogP contribution in [0.3, 0.4) is 0 Å². The van der Waals surface area contributed by atoms with E-state index in [2.05, 4.69) is 15.4 Å². The Balaban J connectivity index is 1.71. The zero-order valence-corrected chi connectivity index (χ0v) is 15.8. The summed E-state index contributed by atoms with van der Waals surface area (Å²) in [7, 11) is 0. The number of nitrogens with one attached hydrogen (secondary N) is 1. The zero-order valence-electron chi connectivity index (χ0n) is 15.0. The normalized spacial score (nSPS) is 12.6. The van der Waals surface area contributed by atoms with Crippen LogP contribution in [0.1, 0.15) is 24.1 Å². The van der Waals surface area contributed by atoms with Crippen molar-refractivity contribution in [3.05, 3.63) is 75.7 Å². The van der Waals surface area contributed by atoms with Crippen molar-refractivity contribution in [1.29, 1.82) is 0 Å². The van der Waals surface area contributed by atoms with Crippen LogP contribution in [0.25, 0.3) is 5.69 Å². The summed E-state index contributed by atoms with van der Waals surface area (Å²) in [5.74, 6) is -0.629. The smallest absolute Gasteiger partial charge is 0.348 e. The molecule has 0 saturated carbocycles. The molecule has 152 valence electrons. The lowest BCUT2D eigenvalue weighted by molar-refractivity contribution is -0.138. The highest BCUT2D eigenvalue weighted by Gasteiger charge is 2.32. The monoisotopic (exact) mass is 425 g/mol. The molecule has 0 aliphatic rings. The lowest BCUT2D eigenvalue weighted by Gasteiger charge is -2.16. The zero-order chi connectivity index (χ0) is 21.2. The molecular weight excluding hydrogens is 411 g/mol. The number of nitrogens with zero attached hydrogens (tertiary/aromatic N) is 4. The number of carbonyl (C=O) groups excluding carboxylic acids is 1. The van der Waals surface area contributed by atoms with Gasteiger partial charge in [0, 0.05) is 6.20 Å². The van der Waals surface area contributed by atoms with Crippen molar-refractivity contribution >= 4 is 17.5 Å². The minimum Gasteiger partial charge on any atom is -0.348 e. The van der Waals surface area contributed by atoms with Crippen molar-refractivity contribution in [2.45, 2.75) is 25.7 Å². The molecule has 11 heteroatoms. The van der Waals surface area contributed by atoms with Crippen LogP contribution in [0.4, 0.5) is 13.2 Å². The van der Waals surface area contributed by atoms with Gasteiger partial charge < -0.3 is 9.88 Å². The minimum absolute atomic E-state index is 0.440. The number of alkyl halides is 3. The molecular formula is C18H15ClF3N5O2. The quantitative estimate of drug-likeness (QED) is 0.681. The van der Waals surface area contributed by atoms with E-state index in [0.29, 0.717) is 16.8 Å². The van der Waals surface area contributed by atoms with E-state index in [-0.39, 0.29) is 0 Å². The molecule has 0 saturated heterocycles. The maximum Gasteiger partial charge on any atom is 0.417 e. The van der Waals surface area contributed by atoms with Gasteiger partial charge in [-0.25, -0.2) is 9.67 Å². The maximum absolute atomic E-state index is 12.9. The highest BCUT2D eigenvalue weighted by molar-refractivity contribution is 6.30. The van der Waals surface area contributed by atoms with Crippen molar-refractivity contribution in [2.24, 2.45) is 0 Å². The Morgan fingerprint density at radius 1 is 1.28 bits per heavy atom. The van der Waals surface area contributed by atoms with E-state index >= 15 is 0 Å². The van der Waals surface area contributed by atoms with Crippen LogP contribution < -0.4 is 10.9 Å². The first-order valence-electron chi connectivity index (χ1n) is 8.36. The fraction of sp³-hybridized carbons (Fsp3) is 0.222. The summed E-state index contributed by atoms with van der Waals surface area (Å²) < 4.78 is 40.9. The number of rotatable bonds is 5. The number of aromatic nitrogens is 4. The summed E-state index contributed by atoms with van der Waals surface area (Å²) in [5, 5.41) is 6.05. The number of halogens is 4. The Morgan fingerprint density at radius 3 is 2.55 bits per heavy atom. The molecule has 0 radical (unpaired) electrons. The molecule has 1 unspecified atom stereocenters. The minimum atomic E-state index is -4.69. The predicted octanol–water partition coefficient (Wildman–Crippen LogP) is 2.98. The molecule has 0 fully saturated rings. The van der Waals surface area contributed by atoms with Crippen molar-refractivity contribution in [3.8, 4) is 5.69 Å². The van der Waals surface area contributed by atoms with Crippen molar-refractivity contribution in [2.75, 3.05) is 0 Å². The van der Waals surface area contributed by atoms with Gasteiger partial charge in [0.2, 0.25) is 5.91 Å². The fourth-order valence-electron chi connectivity index (χ4n) is 2.65. The second-order valence-corrected chi connectivity index (χ2v) is 6.64. The van der Waals surface area contributed by atoms with E-state index in [4.69, 9.17) is 11.6 Å². The third kappa shape index (κ3) is 4.83. The fourth-order valence-corrected chi connectivity index (χ4v) is 2.88. The van der Waals surface area contributed by atoms with Crippen LogP contribution >= 0.6 is 11.6 Å². The molecule has 0 spiro atoms. The van der Waals surface area contributed by atoms with Crippen molar-refractivity contribution in [1.82, 2.24) is 24.6 Å². The van der Waals surface area contributed by atoms with Gasteiger partial charge in [0.15, 0.2) is 0 Å². The molecule has 2 heterocycles. The average Bonchev–Trinajstić information content (AvgIpc) is 3.19. The number of benzene rings is 1. The van der Waals surface area contributed by atoms with E-state index in [1.807, 2.05) is 0 Å². The summed E-state index contributed by atoms with van der Waals surface area (Å²) in [6.45, 7) is 1.12. The van der Waals surface area contributed by atoms with E-state index in [9.17, 15) is 22.8 Å². The molecule has 0 aliphatic carbocycles. The Hall–Kier alpha value is -3.14. The molecule has 7 nitrogen and oxygen atoms in total. The van der Waals surface area contributed by atoms with E-state index in [1.165, 1.54) is 12.7 Å². The summed E-state index contributed by atoms with van der Waals surface area (Å²) in [4.78, 5) is 28.1. The summed E-state index contributed by atoms with van der Waals surface area (Å²) in [6, 6.07) is 7.21.